The number of aliphatic hydroxyl groups is 1. The molecule has 1 aromatic rings. The minimum Gasteiger partial charge on any atom is -0.393 e. The van der Waals surface area contributed by atoms with Crippen molar-refractivity contribution in [3.63, 3.8) is 0 Å². The number of carbonyl (C=O) groups excluding carboxylic acids is 2. The Balaban J connectivity index is 1.68. The van der Waals surface area contributed by atoms with E-state index in [1.54, 1.807) is 24.3 Å². The summed E-state index contributed by atoms with van der Waals surface area (Å²) < 4.78 is 0. The van der Waals surface area contributed by atoms with Gasteiger partial charge in [0, 0.05) is 12.2 Å². The summed E-state index contributed by atoms with van der Waals surface area (Å²) in [5.41, 5.74) is 0.584. The number of anilines is 1. The molecule has 0 heterocycles. The Morgan fingerprint density at radius 2 is 1.89 bits per heavy atom. The maximum absolute atomic E-state index is 11.5. The third-order valence-corrected chi connectivity index (χ3v) is 3.13. The molecular formula is C14H18N2O3. The molecule has 19 heavy (non-hydrogen) atoms. The van der Waals surface area contributed by atoms with E-state index in [4.69, 9.17) is 0 Å². The molecule has 1 aliphatic carbocycles. The van der Waals surface area contributed by atoms with Crippen LogP contribution in [0.25, 0.3) is 0 Å². The van der Waals surface area contributed by atoms with Crippen molar-refractivity contribution in [2.24, 2.45) is 5.92 Å². The van der Waals surface area contributed by atoms with E-state index < -0.39 is 11.8 Å². The molecule has 2 amide bonds. The van der Waals surface area contributed by atoms with Crippen LogP contribution in [0, 0.1) is 5.92 Å². The monoisotopic (exact) mass is 262 g/mol. The van der Waals surface area contributed by atoms with Crippen LogP contribution in [0.3, 0.4) is 0 Å². The molecule has 0 saturated heterocycles. The summed E-state index contributed by atoms with van der Waals surface area (Å²) >= 11 is 0. The van der Waals surface area contributed by atoms with Gasteiger partial charge in [-0.1, -0.05) is 18.2 Å². The second-order valence-electron chi connectivity index (χ2n) is 4.77. The van der Waals surface area contributed by atoms with Gasteiger partial charge >= 0.3 is 11.8 Å². The molecule has 2 rings (SSSR count). The smallest absolute Gasteiger partial charge is 0.313 e. The fraction of sp³-hybridized carbons (Fsp3) is 0.429. The van der Waals surface area contributed by atoms with Gasteiger partial charge < -0.3 is 15.7 Å². The lowest BCUT2D eigenvalue weighted by atomic mass is 10.2. The zero-order valence-corrected chi connectivity index (χ0v) is 10.6. The second kappa shape index (κ2) is 6.33. The van der Waals surface area contributed by atoms with Gasteiger partial charge in [0.1, 0.15) is 0 Å². The maximum atomic E-state index is 11.5. The number of hydrogen-bond donors (Lipinski definition) is 3. The number of para-hydroxylation sites is 1. The molecule has 1 aliphatic rings. The molecular weight excluding hydrogens is 244 g/mol. The molecule has 1 atom stereocenters. The van der Waals surface area contributed by atoms with Gasteiger partial charge in [0.15, 0.2) is 0 Å². The summed E-state index contributed by atoms with van der Waals surface area (Å²) in [7, 11) is 0. The van der Waals surface area contributed by atoms with Gasteiger partial charge in [-0.2, -0.15) is 0 Å². The molecule has 3 N–H and O–H groups in total. The standard InChI is InChI=1S/C14H18N2O3/c17-12(10-6-7-10)8-9-15-13(18)14(19)16-11-4-2-1-3-5-11/h1-5,10,12,17H,6-9H2,(H,15,18)(H,16,19)/t12-/m1/s1. The Morgan fingerprint density at radius 1 is 1.21 bits per heavy atom. The largest absolute Gasteiger partial charge is 0.393 e. The molecule has 0 unspecified atom stereocenters. The summed E-state index contributed by atoms with van der Waals surface area (Å²) in [4.78, 5) is 23.1. The Morgan fingerprint density at radius 3 is 2.53 bits per heavy atom. The summed E-state index contributed by atoms with van der Waals surface area (Å²) in [6.07, 6.45) is 2.25. The lowest BCUT2D eigenvalue weighted by molar-refractivity contribution is -0.136. The first-order valence-electron chi connectivity index (χ1n) is 6.49. The SMILES string of the molecule is O=C(NCC[C@@H](O)C1CC1)C(=O)Nc1ccccc1. The van der Waals surface area contributed by atoms with Crippen LogP contribution in [0.2, 0.25) is 0 Å². The number of amides is 2. The number of aliphatic hydroxyl groups excluding tert-OH is 1. The number of nitrogens with one attached hydrogen (secondary N) is 2. The van der Waals surface area contributed by atoms with Gasteiger partial charge in [-0.3, -0.25) is 9.59 Å². The Kier molecular flexibility index (Phi) is 4.52. The van der Waals surface area contributed by atoms with Crippen molar-refractivity contribution in [2.45, 2.75) is 25.4 Å². The fourth-order valence-electron chi connectivity index (χ4n) is 1.84. The first-order chi connectivity index (χ1) is 9.16. The molecule has 0 aromatic heterocycles. The lowest BCUT2D eigenvalue weighted by Gasteiger charge is -2.10. The van der Waals surface area contributed by atoms with Crippen molar-refractivity contribution in [1.29, 1.82) is 0 Å². The van der Waals surface area contributed by atoms with Crippen LogP contribution in [0.4, 0.5) is 5.69 Å². The highest BCUT2D eigenvalue weighted by Gasteiger charge is 2.29. The third-order valence-electron chi connectivity index (χ3n) is 3.13. The molecule has 5 nitrogen and oxygen atoms in total. The highest BCUT2D eigenvalue weighted by molar-refractivity contribution is 6.39. The molecule has 1 aromatic carbocycles. The van der Waals surface area contributed by atoms with E-state index in [1.165, 1.54) is 0 Å². The van der Waals surface area contributed by atoms with Gasteiger partial charge in [0.2, 0.25) is 0 Å². The van der Waals surface area contributed by atoms with Gasteiger partial charge in [0.05, 0.1) is 6.10 Å². The number of carbonyl (C=O) groups is 2. The van der Waals surface area contributed by atoms with Crippen molar-refractivity contribution in [1.82, 2.24) is 5.32 Å². The average Bonchev–Trinajstić information content (AvgIpc) is 3.24. The number of benzene rings is 1. The predicted molar refractivity (Wildman–Crippen MR) is 71.4 cm³/mol. The maximum Gasteiger partial charge on any atom is 0.313 e. The van der Waals surface area contributed by atoms with Crippen LogP contribution in [-0.4, -0.2) is 29.6 Å². The Bertz CT molecular complexity index is 443. The zero-order valence-electron chi connectivity index (χ0n) is 10.6. The minimum absolute atomic E-state index is 0.318. The zero-order chi connectivity index (χ0) is 13.7. The van der Waals surface area contributed by atoms with Crippen LogP contribution in [0.15, 0.2) is 30.3 Å². The Labute approximate surface area is 112 Å². The first-order valence-corrected chi connectivity index (χ1v) is 6.49. The predicted octanol–water partition coefficient (Wildman–Crippen LogP) is 0.902. The topological polar surface area (TPSA) is 78.4 Å². The van der Waals surface area contributed by atoms with E-state index in [-0.39, 0.29) is 6.10 Å². The number of hydrogen-bond acceptors (Lipinski definition) is 3. The third kappa shape index (κ3) is 4.37. The molecule has 1 saturated carbocycles. The normalized spacial score (nSPS) is 15.6. The molecule has 102 valence electrons. The van der Waals surface area contributed by atoms with Crippen LogP contribution in [0.1, 0.15) is 19.3 Å². The highest BCUT2D eigenvalue weighted by Crippen LogP contribution is 2.33. The average molecular weight is 262 g/mol. The van der Waals surface area contributed by atoms with Crippen LogP contribution in [0.5, 0.6) is 0 Å². The van der Waals surface area contributed by atoms with Crippen molar-refractivity contribution in [2.75, 3.05) is 11.9 Å². The molecule has 0 spiro atoms. The van der Waals surface area contributed by atoms with Crippen molar-refractivity contribution in [3.8, 4) is 0 Å². The molecule has 1 fully saturated rings. The molecule has 0 aliphatic heterocycles. The van der Waals surface area contributed by atoms with Gasteiger partial charge in [0.25, 0.3) is 0 Å². The highest BCUT2D eigenvalue weighted by atomic mass is 16.3. The number of rotatable bonds is 5. The second-order valence-corrected chi connectivity index (χ2v) is 4.77. The van der Waals surface area contributed by atoms with Crippen molar-refractivity contribution >= 4 is 17.5 Å². The van der Waals surface area contributed by atoms with Crippen molar-refractivity contribution < 1.29 is 14.7 Å². The minimum atomic E-state index is -0.688. The van der Waals surface area contributed by atoms with Crippen LogP contribution < -0.4 is 10.6 Å². The quantitative estimate of drug-likeness (QED) is 0.690. The lowest BCUT2D eigenvalue weighted by Crippen LogP contribution is -2.37. The summed E-state index contributed by atoms with van der Waals surface area (Å²) in [6, 6.07) is 8.80. The van der Waals surface area contributed by atoms with E-state index in [0.29, 0.717) is 24.6 Å². The molecule has 0 radical (unpaired) electrons. The van der Waals surface area contributed by atoms with Crippen molar-refractivity contribution in [3.05, 3.63) is 30.3 Å². The summed E-state index contributed by atoms with van der Waals surface area (Å²) in [6.45, 7) is 0.318. The van der Waals surface area contributed by atoms with Gasteiger partial charge in [-0.25, -0.2) is 0 Å². The molecule has 0 bridgehead atoms. The fourth-order valence-corrected chi connectivity index (χ4v) is 1.84. The van der Waals surface area contributed by atoms with E-state index in [0.717, 1.165) is 12.8 Å². The van der Waals surface area contributed by atoms with Crippen LogP contribution >= 0.6 is 0 Å². The molecule has 5 heteroatoms. The first kappa shape index (κ1) is 13.5. The summed E-state index contributed by atoms with van der Waals surface area (Å²) in [5.74, 6) is -0.978. The van der Waals surface area contributed by atoms with E-state index in [1.807, 2.05) is 6.07 Å². The van der Waals surface area contributed by atoms with E-state index >= 15 is 0 Å². The van der Waals surface area contributed by atoms with E-state index in [2.05, 4.69) is 10.6 Å². The van der Waals surface area contributed by atoms with Crippen LogP contribution in [-0.2, 0) is 9.59 Å². The summed E-state index contributed by atoms with van der Waals surface area (Å²) in [5, 5.41) is 14.6. The van der Waals surface area contributed by atoms with Gasteiger partial charge in [-0.15, -0.1) is 0 Å². The van der Waals surface area contributed by atoms with E-state index in [9.17, 15) is 14.7 Å². The Hall–Kier alpha value is -1.88. The van der Waals surface area contributed by atoms with Gasteiger partial charge in [-0.05, 0) is 37.3 Å².